The third kappa shape index (κ3) is 4.15. The van der Waals surface area contributed by atoms with Crippen molar-refractivity contribution >= 4 is 23.1 Å². The van der Waals surface area contributed by atoms with Crippen molar-refractivity contribution in [1.82, 2.24) is 4.57 Å². The third-order valence-electron chi connectivity index (χ3n) is 3.70. The summed E-state index contributed by atoms with van der Waals surface area (Å²) in [4.78, 5) is 46.2. The van der Waals surface area contributed by atoms with Crippen molar-refractivity contribution in [1.29, 1.82) is 0 Å². The van der Waals surface area contributed by atoms with Gasteiger partial charge in [-0.25, -0.2) is 0 Å². The Balaban J connectivity index is 1.71. The summed E-state index contributed by atoms with van der Waals surface area (Å²) in [5, 5.41) is 13.4. The van der Waals surface area contributed by atoms with Crippen molar-refractivity contribution in [2.45, 2.75) is 6.54 Å². The lowest BCUT2D eigenvalue weighted by Crippen LogP contribution is -2.23. The maximum atomic E-state index is 12.3. The number of carbonyl (C=O) groups is 2. The maximum Gasteiger partial charge on any atom is 0.291 e. The second-order valence-electron chi connectivity index (χ2n) is 5.54. The molecule has 1 amide bonds. The first-order chi connectivity index (χ1) is 12.9. The van der Waals surface area contributed by atoms with Crippen LogP contribution in [0.5, 0.6) is 0 Å². The molecule has 2 aromatic heterocycles. The summed E-state index contributed by atoms with van der Waals surface area (Å²) in [6.45, 7) is -0.335. The number of benzene rings is 1. The number of nitrogens with one attached hydrogen (secondary N) is 1. The van der Waals surface area contributed by atoms with Gasteiger partial charge in [-0.05, 0) is 36.4 Å². The number of furan rings is 1. The van der Waals surface area contributed by atoms with Crippen molar-refractivity contribution in [3.05, 3.63) is 92.8 Å². The molecule has 136 valence electrons. The van der Waals surface area contributed by atoms with E-state index in [2.05, 4.69) is 5.32 Å². The Kier molecular flexibility index (Phi) is 4.93. The highest BCUT2D eigenvalue weighted by Gasteiger charge is 2.13. The van der Waals surface area contributed by atoms with Gasteiger partial charge in [0.15, 0.2) is 11.5 Å². The highest BCUT2D eigenvalue weighted by Crippen LogP contribution is 2.13. The summed E-state index contributed by atoms with van der Waals surface area (Å²) in [6.07, 6.45) is 2.41. The number of anilines is 1. The van der Waals surface area contributed by atoms with E-state index in [0.29, 0.717) is 11.3 Å². The topological polar surface area (TPSA) is 124 Å². The van der Waals surface area contributed by atoms with Gasteiger partial charge in [-0.15, -0.1) is 0 Å². The van der Waals surface area contributed by atoms with Crippen LogP contribution in [0.4, 0.5) is 11.4 Å². The van der Waals surface area contributed by atoms with Gasteiger partial charge in [-0.1, -0.05) is 0 Å². The van der Waals surface area contributed by atoms with Crippen LogP contribution in [-0.2, 0) is 6.54 Å². The first kappa shape index (κ1) is 17.8. The molecule has 3 rings (SSSR count). The molecule has 1 N–H and O–H groups in total. The van der Waals surface area contributed by atoms with Gasteiger partial charge in [0.05, 0.1) is 23.9 Å². The minimum atomic E-state index is -0.642. The van der Waals surface area contributed by atoms with Gasteiger partial charge >= 0.3 is 0 Å². The first-order valence-electron chi connectivity index (χ1n) is 7.77. The average Bonchev–Trinajstić information content (AvgIpc) is 3.18. The minimum absolute atomic E-state index is 0.153. The van der Waals surface area contributed by atoms with Crippen LogP contribution in [0.2, 0.25) is 0 Å². The molecule has 0 aliphatic heterocycles. The summed E-state index contributed by atoms with van der Waals surface area (Å²) in [5.41, 5.74) is -0.0421. The second-order valence-corrected chi connectivity index (χ2v) is 5.54. The number of nitro groups is 1. The van der Waals surface area contributed by atoms with Crippen LogP contribution in [-0.4, -0.2) is 21.2 Å². The van der Waals surface area contributed by atoms with E-state index in [9.17, 15) is 24.5 Å². The van der Waals surface area contributed by atoms with E-state index < -0.39 is 22.2 Å². The number of nitrogens with zero attached hydrogens (tertiary/aromatic N) is 2. The number of hydrogen-bond acceptors (Lipinski definition) is 6. The van der Waals surface area contributed by atoms with Gasteiger partial charge in [0.2, 0.25) is 0 Å². The highest BCUT2D eigenvalue weighted by molar-refractivity contribution is 6.02. The molecule has 0 spiro atoms. The van der Waals surface area contributed by atoms with Crippen molar-refractivity contribution in [3.63, 3.8) is 0 Å². The Hall–Kier alpha value is -4.01. The Morgan fingerprint density at radius 2 is 1.85 bits per heavy atom. The molecule has 0 fully saturated rings. The summed E-state index contributed by atoms with van der Waals surface area (Å²) >= 11 is 0. The van der Waals surface area contributed by atoms with Crippen LogP contribution in [0.15, 0.2) is 70.2 Å². The predicted molar refractivity (Wildman–Crippen MR) is 94.8 cm³/mol. The molecule has 1 aromatic carbocycles. The molecule has 9 heteroatoms. The Labute approximate surface area is 152 Å². The standard InChI is InChI=1S/C18H13N3O6/c22-15(11-20-10-14(21(25)26)7-8-17(20)23)12-3-5-13(6-4-12)19-18(24)16-2-1-9-27-16/h1-10H,11H2,(H,19,24). The Morgan fingerprint density at radius 1 is 1.11 bits per heavy atom. The van der Waals surface area contributed by atoms with Crippen LogP contribution in [0, 0.1) is 10.1 Å². The van der Waals surface area contributed by atoms with E-state index in [1.807, 2.05) is 0 Å². The molecule has 0 saturated heterocycles. The summed E-state index contributed by atoms with van der Waals surface area (Å²) in [7, 11) is 0. The lowest BCUT2D eigenvalue weighted by atomic mass is 10.1. The zero-order valence-corrected chi connectivity index (χ0v) is 13.8. The van der Waals surface area contributed by atoms with Crippen LogP contribution >= 0.6 is 0 Å². The average molecular weight is 367 g/mol. The number of pyridine rings is 1. The predicted octanol–water partition coefficient (Wildman–Crippen LogP) is 2.48. The number of rotatable bonds is 6. The van der Waals surface area contributed by atoms with Gasteiger partial charge in [0.25, 0.3) is 17.2 Å². The molecule has 3 aromatic rings. The van der Waals surface area contributed by atoms with Crippen molar-refractivity contribution in [2.24, 2.45) is 0 Å². The Morgan fingerprint density at radius 3 is 2.48 bits per heavy atom. The van der Waals surface area contributed by atoms with Crippen molar-refractivity contribution in [2.75, 3.05) is 5.32 Å². The zero-order valence-electron chi connectivity index (χ0n) is 13.8. The number of Topliss-reactive ketones (excluding diaryl/α,β-unsaturated/α-hetero) is 1. The molecule has 0 unspecified atom stereocenters. The molecular formula is C18H13N3O6. The molecule has 0 radical (unpaired) electrons. The third-order valence-corrected chi connectivity index (χ3v) is 3.70. The molecule has 0 saturated carbocycles. The largest absolute Gasteiger partial charge is 0.459 e. The van der Waals surface area contributed by atoms with Crippen molar-refractivity contribution < 1.29 is 18.9 Å². The summed E-state index contributed by atoms with van der Waals surface area (Å²) < 4.78 is 5.97. The zero-order chi connectivity index (χ0) is 19.4. The molecule has 0 aliphatic rings. The summed E-state index contributed by atoms with van der Waals surface area (Å²) in [6, 6.07) is 11.3. The quantitative estimate of drug-likeness (QED) is 0.405. The van der Waals surface area contributed by atoms with Gasteiger partial charge in [-0.3, -0.25) is 24.5 Å². The van der Waals surface area contributed by atoms with Crippen LogP contribution in [0.3, 0.4) is 0 Å². The first-order valence-corrected chi connectivity index (χ1v) is 7.77. The van der Waals surface area contributed by atoms with Crippen molar-refractivity contribution in [3.8, 4) is 0 Å². The second kappa shape index (κ2) is 7.48. The van der Waals surface area contributed by atoms with E-state index in [4.69, 9.17) is 4.42 Å². The molecule has 27 heavy (non-hydrogen) atoms. The molecular weight excluding hydrogens is 354 g/mol. The fraction of sp³-hybridized carbons (Fsp3) is 0.0556. The highest BCUT2D eigenvalue weighted by atomic mass is 16.6. The van der Waals surface area contributed by atoms with Gasteiger partial charge in [0, 0.05) is 23.4 Å². The number of hydrogen-bond donors (Lipinski definition) is 1. The van der Waals surface area contributed by atoms with Crippen LogP contribution in [0.1, 0.15) is 20.9 Å². The fourth-order valence-electron chi connectivity index (χ4n) is 2.34. The monoisotopic (exact) mass is 367 g/mol. The van der Waals surface area contributed by atoms with E-state index in [1.165, 1.54) is 36.6 Å². The van der Waals surface area contributed by atoms with E-state index in [-0.39, 0.29) is 18.0 Å². The van der Waals surface area contributed by atoms with E-state index >= 15 is 0 Å². The summed E-state index contributed by atoms with van der Waals surface area (Å²) in [5.74, 6) is -0.677. The molecule has 0 aliphatic carbocycles. The minimum Gasteiger partial charge on any atom is -0.459 e. The van der Waals surface area contributed by atoms with Gasteiger partial charge < -0.3 is 14.3 Å². The molecule has 0 bridgehead atoms. The Bertz CT molecular complexity index is 1050. The molecule has 9 nitrogen and oxygen atoms in total. The fourth-order valence-corrected chi connectivity index (χ4v) is 2.34. The number of carbonyl (C=O) groups excluding carboxylic acids is 2. The number of amides is 1. The lowest BCUT2D eigenvalue weighted by Gasteiger charge is -2.07. The van der Waals surface area contributed by atoms with E-state index in [1.54, 1.807) is 6.07 Å². The smallest absolute Gasteiger partial charge is 0.291 e. The van der Waals surface area contributed by atoms with Crippen LogP contribution < -0.4 is 10.9 Å². The molecule has 0 atom stereocenters. The molecule has 2 heterocycles. The number of aromatic nitrogens is 1. The normalized spacial score (nSPS) is 10.4. The SMILES string of the molecule is O=C(Cn1cc([N+](=O)[O-])ccc1=O)c1ccc(NC(=O)c2ccco2)cc1. The van der Waals surface area contributed by atoms with E-state index in [0.717, 1.165) is 22.9 Å². The number of ketones is 1. The van der Waals surface area contributed by atoms with Crippen LogP contribution in [0.25, 0.3) is 0 Å². The maximum absolute atomic E-state index is 12.3. The van der Waals surface area contributed by atoms with Gasteiger partial charge in [0.1, 0.15) is 0 Å². The van der Waals surface area contributed by atoms with Gasteiger partial charge in [-0.2, -0.15) is 0 Å². The lowest BCUT2D eigenvalue weighted by molar-refractivity contribution is -0.385.